The number of carboxylic acids is 1. The molecule has 0 aromatic carbocycles. The number of hydrogen-bond acceptors (Lipinski definition) is 3. The van der Waals surface area contributed by atoms with Gasteiger partial charge in [-0.05, 0) is 26.3 Å². The smallest absolute Gasteiger partial charge is 0.304 e. The Labute approximate surface area is 97.6 Å². The molecule has 1 rings (SSSR count). The average Bonchev–Trinajstić information content (AvgIpc) is 2.26. The van der Waals surface area contributed by atoms with Gasteiger partial charge in [0.2, 0.25) is 0 Å². The standard InChI is InChI=1S/C12H23NO3/c1-3-4-11-9-10(6-8-16-11)13(2)7-5-12(14)15/h10-11H,3-9H2,1-2H3,(H,14,15). The van der Waals surface area contributed by atoms with Crippen molar-refractivity contribution in [2.45, 2.75) is 51.2 Å². The molecule has 1 N–H and O–H groups in total. The van der Waals surface area contributed by atoms with Gasteiger partial charge in [-0.15, -0.1) is 0 Å². The van der Waals surface area contributed by atoms with Crippen LogP contribution in [-0.2, 0) is 9.53 Å². The first-order valence-corrected chi connectivity index (χ1v) is 6.17. The Kier molecular flexibility index (Phi) is 5.77. The second-order valence-electron chi connectivity index (χ2n) is 4.58. The summed E-state index contributed by atoms with van der Waals surface area (Å²) in [4.78, 5) is 12.7. The van der Waals surface area contributed by atoms with Crippen LogP contribution >= 0.6 is 0 Å². The maximum atomic E-state index is 10.5. The second kappa shape index (κ2) is 6.86. The van der Waals surface area contributed by atoms with Crippen LogP contribution < -0.4 is 0 Å². The van der Waals surface area contributed by atoms with E-state index in [2.05, 4.69) is 11.8 Å². The predicted octanol–water partition coefficient (Wildman–Crippen LogP) is 1.74. The fourth-order valence-corrected chi connectivity index (χ4v) is 2.24. The van der Waals surface area contributed by atoms with Crippen molar-refractivity contribution in [1.29, 1.82) is 0 Å². The van der Waals surface area contributed by atoms with Crippen molar-refractivity contribution in [2.75, 3.05) is 20.2 Å². The summed E-state index contributed by atoms with van der Waals surface area (Å²) in [5.74, 6) is -0.719. The molecule has 2 unspecified atom stereocenters. The lowest BCUT2D eigenvalue weighted by molar-refractivity contribution is -0.137. The lowest BCUT2D eigenvalue weighted by Gasteiger charge is -2.35. The lowest BCUT2D eigenvalue weighted by atomic mass is 9.99. The van der Waals surface area contributed by atoms with Gasteiger partial charge in [0.1, 0.15) is 0 Å². The first kappa shape index (κ1) is 13.5. The summed E-state index contributed by atoms with van der Waals surface area (Å²) in [5, 5.41) is 8.65. The highest BCUT2D eigenvalue weighted by Crippen LogP contribution is 2.21. The molecule has 0 saturated carbocycles. The molecule has 16 heavy (non-hydrogen) atoms. The summed E-state index contributed by atoms with van der Waals surface area (Å²) >= 11 is 0. The summed E-state index contributed by atoms with van der Waals surface area (Å²) in [6.07, 6.45) is 4.93. The molecule has 2 atom stereocenters. The summed E-state index contributed by atoms with van der Waals surface area (Å²) in [6.45, 7) is 3.62. The fraction of sp³-hybridized carbons (Fsp3) is 0.917. The highest BCUT2D eigenvalue weighted by molar-refractivity contribution is 5.66. The molecular weight excluding hydrogens is 206 g/mol. The van der Waals surface area contributed by atoms with E-state index < -0.39 is 5.97 Å². The molecule has 0 bridgehead atoms. The predicted molar refractivity (Wildman–Crippen MR) is 62.6 cm³/mol. The van der Waals surface area contributed by atoms with E-state index in [9.17, 15) is 4.79 Å². The molecular formula is C12H23NO3. The molecule has 4 nitrogen and oxygen atoms in total. The van der Waals surface area contributed by atoms with E-state index in [1.54, 1.807) is 0 Å². The minimum atomic E-state index is -0.719. The Morgan fingerprint density at radius 1 is 1.56 bits per heavy atom. The number of aliphatic carboxylic acids is 1. The van der Waals surface area contributed by atoms with Crippen LogP contribution in [0.25, 0.3) is 0 Å². The number of ether oxygens (including phenoxy) is 1. The molecule has 1 heterocycles. The summed E-state index contributed by atoms with van der Waals surface area (Å²) < 4.78 is 5.68. The van der Waals surface area contributed by atoms with Crippen LogP contribution in [0.5, 0.6) is 0 Å². The van der Waals surface area contributed by atoms with E-state index in [4.69, 9.17) is 9.84 Å². The molecule has 1 aliphatic heterocycles. The Bertz CT molecular complexity index is 218. The van der Waals surface area contributed by atoms with E-state index >= 15 is 0 Å². The number of hydrogen-bond donors (Lipinski definition) is 1. The summed E-state index contributed by atoms with van der Waals surface area (Å²) in [5.41, 5.74) is 0. The van der Waals surface area contributed by atoms with Crippen molar-refractivity contribution < 1.29 is 14.6 Å². The van der Waals surface area contributed by atoms with E-state index in [0.717, 1.165) is 32.3 Å². The number of nitrogens with zero attached hydrogens (tertiary/aromatic N) is 1. The van der Waals surface area contributed by atoms with Crippen molar-refractivity contribution in [3.8, 4) is 0 Å². The van der Waals surface area contributed by atoms with Crippen LogP contribution in [-0.4, -0.2) is 48.3 Å². The normalized spacial score (nSPS) is 25.9. The molecule has 94 valence electrons. The maximum absolute atomic E-state index is 10.5. The van der Waals surface area contributed by atoms with Crippen molar-refractivity contribution >= 4 is 5.97 Å². The van der Waals surface area contributed by atoms with Gasteiger partial charge in [0.25, 0.3) is 0 Å². The molecule has 0 spiro atoms. The number of rotatable bonds is 6. The van der Waals surface area contributed by atoms with Gasteiger partial charge in [0.05, 0.1) is 12.5 Å². The molecule has 1 fully saturated rings. The minimum absolute atomic E-state index is 0.228. The van der Waals surface area contributed by atoms with E-state index in [0.29, 0.717) is 18.7 Å². The third-order valence-electron chi connectivity index (χ3n) is 3.25. The first-order chi connectivity index (χ1) is 7.63. The fourth-order valence-electron chi connectivity index (χ4n) is 2.24. The molecule has 0 aromatic rings. The third kappa shape index (κ3) is 4.49. The first-order valence-electron chi connectivity index (χ1n) is 6.17. The zero-order valence-corrected chi connectivity index (χ0v) is 10.3. The van der Waals surface area contributed by atoms with Crippen molar-refractivity contribution in [2.24, 2.45) is 0 Å². The number of carboxylic acid groups (broad SMARTS) is 1. The molecule has 1 aliphatic rings. The van der Waals surface area contributed by atoms with Gasteiger partial charge in [0, 0.05) is 19.2 Å². The summed E-state index contributed by atoms with van der Waals surface area (Å²) in [6, 6.07) is 0.490. The SMILES string of the molecule is CCCC1CC(N(C)CCC(=O)O)CCO1. The van der Waals surface area contributed by atoms with Gasteiger partial charge >= 0.3 is 5.97 Å². The van der Waals surface area contributed by atoms with E-state index in [-0.39, 0.29) is 6.42 Å². The van der Waals surface area contributed by atoms with Gasteiger partial charge in [-0.25, -0.2) is 0 Å². The molecule has 1 saturated heterocycles. The van der Waals surface area contributed by atoms with Crippen molar-refractivity contribution in [3.05, 3.63) is 0 Å². The Balaban J connectivity index is 2.31. The minimum Gasteiger partial charge on any atom is -0.481 e. The quantitative estimate of drug-likeness (QED) is 0.753. The van der Waals surface area contributed by atoms with Crippen molar-refractivity contribution in [1.82, 2.24) is 4.90 Å². The topological polar surface area (TPSA) is 49.8 Å². The Morgan fingerprint density at radius 2 is 2.31 bits per heavy atom. The average molecular weight is 229 g/mol. The molecule has 4 heteroatoms. The van der Waals surface area contributed by atoms with Gasteiger partial charge in [-0.2, -0.15) is 0 Å². The van der Waals surface area contributed by atoms with Crippen LogP contribution in [0.4, 0.5) is 0 Å². The van der Waals surface area contributed by atoms with Crippen LogP contribution in [0.15, 0.2) is 0 Å². The van der Waals surface area contributed by atoms with Crippen LogP contribution in [0.1, 0.15) is 39.0 Å². The lowest BCUT2D eigenvalue weighted by Crippen LogP contribution is -2.41. The number of carbonyl (C=O) groups is 1. The zero-order chi connectivity index (χ0) is 12.0. The van der Waals surface area contributed by atoms with Crippen LogP contribution in [0.3, 0.4) is 0 Å². The van der Waals surface area contributed by atoms with E-state index in [1.165, 1.54) is 0 Å². The van der Waals surface area contributed by atoms with Gasteiger partial charge in [-0.3, -0.25) is 4.79 Å². The third-order valence-corrected chi connectivity index (χ3v) is 3.25. The monoisotopic (exact) mass is 229 g/mol. The Morgan fingerprint density at radius 3 is 2.94 bits per heavy atom. The van der Waals surface area contributed by atoms with Gasteiger partial charge in [0.15, 0.2) is 0 Å². The van der Waals surface area contributed by atoms with Crippen LogP contribution in [0, 0.1) is 0 Å². The Hall–Kier alpha value is -0.610. The van der Waals surface area contributed by atoms with Gasteiger partial charge in [-0.1, -0.05) is 13.3 Å². The largest absolute Gasteiger partial charge is 0.481 e. The molecule has 0 radical (unpaired) electrons. The van der Waals surface area contributed by atoms with Gasteiger partial charge < -0.3 is 14.7 Å². The molecule has 0 amide bonds. The highest BCUT2D eigenvalue weighted by atomic mass is 16.5. The van der Waals surface area contributed by atoms with Crippen LogP contribution in [0.2, 0.25) is 0 Å². The molecule has 0 aliphatic carbocycles. The maximum Gasteiger partial charge on any atom is 0.304 e. The summed E-state index contributed by atoms with van der Waals surface area (Å²) in [7, 11) is 2.02. The highest BCUT2D eigenvalue weighted by Gasteiger charge is 2.24. The second-order valence-corrected chi connectivity index (χ2v) is 4.58. The van der Waals surface area contributed by atoms with E-state index in [1.807, 2.05) is 7.05 Å². The molecule has 0 aromatic heterocycles. The van der Waals surface area contributed by atoms with Crippen molar-refractivity contribution in [3.63, 3.8) is 0 Å². The zero-order valence-electron chi connectivity index (χ0n) is 10.3.